The Morgan fingerprint density at radius 1 is 0.966 bits per heavy atom. The quantitative estimate of drug-likeness (QED) is 0.534. The maximum Gasteiger partial charge on any atom is 0.409 e. The number of hydrogen-bond donors (Lipinski definition) is 1. The number of hydrogen-bond acceptors (Lipinski definition) is 3. The van der Waals surface area contributed by atoms with Gasteiger partial charge in [-0.05, 0) is 28.0 Å². The summed E-state index contributed by atoms with van der Waals surface area (Å²) in [5, 5.41) is 13.1. The van der Waals surface area contributed by atoms with Gasteiger partial charge in [0.2, 0.25) is 0 Å². The fraction of sp³-hybridized carbons (Fsp3) is 0.292. The van der Waals surface area contributed by atoms with Crippen LogP contribution in [0.1, 0.15) is 17.2 Å². The van der Waals surface area contributed by atoms with Crippen molar-refractivity contribution in [2.75, 3.05) is 12.7 Å². The molecule has 0 bridgehead atoms. The zero-order valence-electron chi connectivity index (χ0n) is 17.3. The van der Waals surface area contributed by atoms with Crippen LogP contribution >= 0.6 is 0 Å². The van der Waals surface area contributed by atoms with Crippen molar-refractivity contribution in [3.63, 3.8) is 0 Å². The van der Waals surface area contributed by atoms with Crippen molar-refractivity contribution in [1.82, 2.24) is 4.90 Å². The van der Waals surface area contributed by atoms with Crippen LogP contribution in [-0.4, -0.2) is 36.9 Å². The SMILES string of the molecule is C[Si](C)(C)CN(CC(O)c1ccc2ccccc2c1)C(=O)OCc1ccccc1. The van der Waals surface area contributed by atoms with Crippen LogP contribution in [0.4, 0.5) is 4.79 Å². The van der Waals surface area contributed by atoms with Crippen LogP contribution in [0.15, 0.2) is 72.8 Å². The summed E-state index contributed by atoms with van der Waals surface area (Å²) in [6, 6.07) is 23.6. The molecule has 29 heavy (non-hydrogen) atoms. The van der Waals surface area contributed by atoms with Gasteiger partial charge >= 0.3 is 6.09 Å². The van der Waals surface area contributed by atoms with Crippen molar-refractivity contribution in [3.8, 4) is 0 Å². The predicted molar refractivity (Wildman–Crippen MR) is 120 cm³/mol. The Kier molecular flexibility index (Phi) is 6.72. The number of amides is 1. The monoisotopic (exact) mass is 407 g/mol. The molecule has 0 aliphatic heterocycles. The van der Waals surface area contributed by atoms with Gasteiger partial charge in [0.1, 0.15) is 6.61 Å². The molecule has 0 aromatic heterocycles. The second-order valence-corrected chi connectivity index (χ2v) is 14.0. The molecule has 3 rings (SSSR count). The average Bonchev–Trinajstić information content (AvgIpc) is 2.71. The van der Waals surface area contributed by atoms with Gasteiger partial charge in [-0.25, -0.2) is 4.79 Å². The van der Waals surface area contributed by atoms with Gasteiger partial charge in [-0.3, -0.25) is 0 Å². The van der Waals surface area contributed by atoms with E-state index in [1.165, 1.54) is 0 Å². The van der Waals surface area contributed by atoms with Crippen molar-refractivity contribution in [2.45, 2.75) is 32.4 Å². The Morgan fingerprint density at radius 3 is 2.31 bits per heavy atom. The highest BCUT2D eigenvalue weighted by Crippen LogP contribution is 2.22. The topological polar surface area (TPSA) is 49.8 Å². The summed E-state index contributed by atoms with van der Waals surface area (Å²) < 4.78 is 5.54. The third-order valence-electron chi connectivity index (χ3n) is 4.68. The van der Waals surface area contributed by atoms with E-state index in [2.05, 4.69) is 19.6 Å². The van der Waals surface area contributed by atoms with E-state index in [1.807, 2.05) is 72.8 Å². The van der Waals surface area contributed by atoms with Gasteiger partial charge in [0.25, 0.3) is 0 Å². The van der Waals surface area contributed by atoms with E-state index in [0.717, 1.165) is 21.9 Å². The summed E-state index contributed by atoms with van der Waals surface area (Å²) in [5.41, 5.74) is 1.75. The molecule has 152 valence electrons. The van der Waals surface area contributed by atoms with Gasteiger partial charge in [0, 0.05) is 6.17 Å². The molecular weight excluding hydrogens is 378 g/mol. The molecule has 0 aliphatic rings. The second-order valence-electron chi connectivity index (χ2n) is 8.60. The van der Waals surface area contributed by atoms with Crippen molar-refractivity contribution in [1.29, 1.82) is 0 Å². The molecule has 0 saturated heterocycles. The van der Waals surface area contributed by atoms with E-state index in [0.29, 0.717) is 6.17 Å². The number of aliphatic hydroxyl groups excluding tert-OH is 1. The number of benzene rings is 3. The molecule has 3 aromatic rings. The number of carbonyl (C=O) groups is 1. The zero-order valence-corrected chi connectivity index (χ0v) is 18.3. The molecule has 5 heteroatoms. The smallest absolute Gasteiger partial charge is 0.409 e. The van der Waals surface area contributed by atoms with Gasteiger partial charge < -0.3 is 14.7 Å². The van der Waals surface area contributed by atoms with Crippen molar-refractivity contribution < 1.29 is 14.6 Å². The first-order valence-electron chi connectivity index (χ1n) is 9.94. The molecule has 4 nitrogen and oxygen atoms in total. The third kappa shape index (κ3) is 6.17. The largest absolute Gasteiger partial charge is 0.445 e. The molecule has 0 spiro atoms. The summed E-state index contributed by atoms with van der Waals surface area (Å²) >= 11 is 0. The van der Waals surface area contributed by atoms with Crippen LogP contribution in [0.25, 0.3) is 10.8 Å². The Bertz CT molecular complexity index is 953. The third-order valence-corrected chi connectivity index (χ3v) is 6.01. The van der Waals surface area contributed by atoms with Crippen LogP contribution in [0.5, 0.6) is 0 Å². The summed E-state index contributed by atoms with van der Waals surface area (Å²) in [7, 11) is -1.59. The first-order chi connectivity index (χ1) is 13.8. The zero-order chi connectivity index (χ0) is 20.9. The maximum absolute atomic E-state index is 12.8. The van der Waals surface area contributed by atoms with E-state index in [4.69, 9.17) is 4.74 Å². The highest BCUT2D eigenvalue weighted by Gasteiger charge is 2.26. The molecule has 0 heterocycles. The van der Waals surface area contributed by atoms with E-state index in [-0.39, 0.29) is 19.2 Å². The van der Waals surface area contributed by atoms with Crippen LogP contribution in [-0.2, 0) is 11.3 Å². The van der Waals surface area contributed by atoms with E-state index >= 15 is 0 Å². The fourth-order valence-corrected chi connectivity index (χ4v) is 4.72. The van der Waals surface area contributed by atoms with E-state index < -0.39 is 14.2 Å². The fourth-order valence-electron chi connectivity index (χ4n) is 3.32. The number of rotatable bonds is 7. The van der Waals surface area contributed by atoms with E-state index in [1.54, 1.807) is 4.90 Å². The van der Waals surface area contributed by atoms with Gasteiger partial charge in [0.15, 0.2) is 0 Å². The highest BCUT2D eigenvalue weighted by molar-refractivity contribution is 6.76. The molecule has 1 unspecified atom stereocenters. The van der Waals surface area contributed by atoms with Crippen molar-refractivity contribution in [2.24, 2.45) is 0 Å². The number of nitrogens with zero attached hydrogens (tertiary/aromatic N) is 1. The molecule has 1 amide bonds. The lowest BCUT2D eigenvalue weighted by Gasteiger charge is -2.30. The number of carbonyl (C=O) groups excluding carboxylic acids is 1. The van der Waals surface area contributed by atoms with Gasteiger partial charge in [-0.1, -0.05) is 86.4 Å². The standard InChI is InChI=1S/C24H29NO3Si/c1-29(2,3)18-25(24(27)28-17-19-9-5-4-6-10-19)16-23(26)22-14-13-20-11-7-8-12-21(20)15-22/h4-15,23,26H,16-18H2,1-3H3. The molecule has 0 fully saturated rings. The first-order valence-corrected chi connectivity index (χ1v) is 13.6. The molecular formula is C24H29NO3Si. The summed E-state index contributed by atoms with van der Waals surface area (Å²) in [5.74, 6) is 0. The minimum atomic E-state index is -1.59. The minimum Gasteiger partial charge on any atom is -0.445 e. The van der Waals surface area contributed by atoms with Crippen LogP contribution in [0, 0.1) is 0 Å². The normalized spacial score (nSPS) is 12.6. The maximum atomic E-state index is 12.8. The number of aliphatic hydroxyl groups is 1. The lowest BCUT2D eigenvalue weighted by Crippen LogP contribution is -2.45. The van der Waals surface area contributed by atoms with E-state index in [9.17, 15) is 9.90 Å². The number of ether oxygens (including phenoxy) is 1. The number of fused-ring (bicyclic) bond motifs is 1. The highest BCUT2D eigenvalue weighted by atomic mass is 28.3. The van der Waals surface area contributed by atoms with Crippen LogP contribution in [0.2, 0.25) is 19.6 Å². The molecule has 0 aliphatic carbocycles. The Balaban J connectivity index is 1.72. The molecule has 1 atom stereocenters. The molecule has 0 radical (unpaired) electrons. The molecule has 3 aromatic carbocycles. The predicted octanol–water partition coefficient (Wildman–Crippen LogP) is 5.39. The summed E-state index contributed by atoms with van der Waals surface area (Å²) in [6.07, 6.45) is -0.512. The van der Waals surface area contributed by atoms with Crippen LogP contribution in [0.3, 0.4) is 0 Å². The van der Waals surface area contributed by atoms with Crippen molar-refractivity contribution >= 4 is 24.9 Å². The molecule has 0 saturated carbocycles. The molecule has 1 N–H and O–H groups in total. The van der Waals surface area contributed by atoms with Gasteiger partial charge in [0.05, 0.1) is 20.7 Å². The Labute approximate surface area is 173 Å². The summed E-state index contributed by atoms with van der Waals surface area (Å²) in [4.78, 5) is 14.4. The minimum absolute atomic E-state index is 0.218. The lowest BCUT2D eigenvalue weighted by atomic mass is 10.0. The summed E-state index contributed by atoms with van der Waals surface area (Å²) in [6.45, 7) is 7.05. The van der Waals surface area contributed by atoms with Gasteiger partial charge in [-0.15, -0.1) is 0 Å². The lowest BCUT2D eigenvalue weighted by molar-refractivity contribution is 0.0749. The Morgan fingerprint density at radius 2 is 1.62 bits per heavy atom. The van der Waals surface area contributed by atoms with Crippen LogP contribution < -0.4 is 0 Å². The second kappa shape index (κ2) is 9.24. The van der Waals surface area contributed by atoms with Gasteiger partial charge in [-0.2, -0.15) is 0 Å². The van der Waals surface area contributed by atoms with Crippen molar-refractivity contribution in [3.05, 3.63) is 83.9 Å². The average molecular weight is 408 g/mol. The first kappa shape index (κ1) is 21.1. The Hall–Kier alpha value is -2.63.